The third-order valence-electron chi connectivity index (χ3n) is 5.34. The molecule has 0 unspecified atom stereocenters. The maximum Gasteiger partial charge on any atom is 0.269 e. The number of pyridine rings is 1. The highest BCUT2D eigenvalue weighted by Gasteiger charge is 2.13. The Morgan fingerprint density at radius 3 is 2.83 bits per heavy atom. The summed E-state index contributed by atoms with van der Waals surface area (Å²) >= 11 is 1.64. The summed E-state index contributed by atoms with van der Waals surface area (Å²) in [6.07, 6.45) is 9.71. The number of rotatable bonds is 7. The molecule has 2 aromatic heterocycles. The fourth-order valence-corrected chi connectivity index (χ4v) is 4.69. The van der Waals surface area contributed by atoms with Gasteiger partial charge in [-0.15, -0.1) is 0 Å². The largest absolute Gasteiger partial charge is 0.457 e. The van der Waals surface area contributed by atoms with Gasteiger partial charge in [0.1, 0.15) is 17.2 Å². The van der Waals surface area contributed by atoms with Crippen LogP contribution in [0.1, 0.15) is 49.0 Å². The van der Waals surface area contributed by atoms with E-state index in [0.29, 0.717) is 17.2 Å². The van der Waals surface area contributed by atoms with E-state index < -0.39 is 0 Å². The number of nitrogens with one attached hydrogen (secondary N) is 2. The molecule has 29 heavy (non-hydrogen) atoms. The van der Waals surface area contributed by atoms with E-state index in [1.54, 1.807) is 36.7 Å². The summed E-state index contributed by atoms with van der Waals surface area (Å²) in [6, 6.07) is 9.22. The number of aromatic nitrogens is 2. The first-order chi connectivity index (χ1) is 14.2. The van der Waals surface area contributed by atoms with E-state index in [1.165, 1.54) is 38.5 Å². The molecule has 0 spiro atoms. The van der Waals surface area contributed by atoms with E-state index in [4.69, 9.17) is 4.74 Å². The van der Waals surface area contributed by atoms with Crippen LogP contribution in [0, 0.1) is 5.92 Å². The van der Waals surface area contributed by atoms with Gasteiger partial charge in [0.25, 0.3) is 5.91 Å². The minimum absolute atomic E-state index is 0.239. The predicted octanol–water partition coefficient (Wildman–Crippen LogP) is 5.23. The van der Waals surface area contributed by atoms with Gasteiger partial charge in [-0.2, -0.15) is 0 Å². The van der Waals surface area contributed by atoms with Gasteiger partial charge in [0, 0.05) is 31.9 Å². The second-order valence-electron chi connectivity index (χ2n) is 7.43. The molecular formula is C22H26N4O2S. The van der Waals surface area contributed by atoms with Crippen molar-refractivity contribution in [2.24, 2.45) is 5.92 Å². The van der Waals surface area contributed by atoms with Gasteiger partial charge >= 0.3 is 0 Å². The Kier molecular flexibility index (Phi) is 6.24. The Bertz CT molecular complexity index is 982. The molecule has 1 aliphatic carbocycles. The zero-order valence-electron chi connectivity index (χ0n) is 16.6. The third-order valence-corrected chi connectivity index (χ3v) is 6.32. The van der Waals surface area contributed by atoms with Gasteiger partial charge < -0.3 is 15.4 Å². The van der Waals surface area contributed by atoms with E-state index in [0.717, 1.165) is 27.8 Å². The molecule has 0 radical (unpaired) electrons. The first-order valence-electron chi connectivity index (χ1n) is 10.2. The molecule has 1 aromatic carbocycles. The fraction of sp³-hybridized carbons (Fsp3) is 0.409. The number of fused-ring (bicyclic) bond motifs is 1. The van der Waals surface area contributed by atoms with Gasteiger partial charge in [-0.05, 0) is 30.5 Å². The Labute approximate surface area is 174 Å². The van der Waals surface area contributed by atoms with Crippen molar-refractivity contribution in [1.82, 2.24) is 15.3 Å². The van der Waals surface area contributed by atoms with E-state index in [2.05, 4.69) is 20.6 Å². The van der Waals surface area contributed by atoms with Gasteiger partial charge in [0.15, 0.2) is 5.13 Å². The Balaban J connectivity index is 1.39. The molecule has 1 fully saturated rings. The molecule has 7 heteroatoms. The lowest BCUT2D eigenvalue weighted by Gasteiger charge is -2.21. The van der Waals surface area contributed by atoms with Gasteiger partial charge in [0.2, 0.25) is 0 Å². The number of carbonyl (C=O) groups is 1. The number of hydrogen-bond acceptors (Lipinski definition) is 6. The Hall–Kier alpha value is -2.67. The third kappa shape index (κ3) is 5.03. The summed E-state index contributed by atoms with van der Waals surface area (Å²) in [5.74, 6) is 1.92. The standard InChI is InChI=1S/C22H26N4O2S/c1-23-21(27)19-13-17(10-12-24-19)28-16-7-8-18-20(14-16)29-22(26-18)25-11-9-15-5-3-2-4-6-15/h7-8,10,12-15H,2-6,9,11H2,1H3,(H,23,27)(H,25,26). The minimum Gasteiger partial charge on any atom is -0.457 e. The molecule has 0 aliphatic heterocycles. The summed E-state index contributed by atoms with van der Waals surface area (Å²) < 4.78 is 7.00. The van der Waals surface area contributed by atoms with Crippen molar-refractivity contribution >= 4 is 32.6 Å². The van der Waals surface area contributed by atoms with Gasteiger partial charge in [-0.3, -0.25) is 9.78 Å². The molecular weight excluding hydrogens is 384 g/mol. The summed E-state index contributed by atoms with van der Waals surface area (Å²) in [5.41, 5.74) is 1.29. The lowest BCUT2D eigenvalue weighted by Crippen LogP contribution is -2.18. The maximum atomic E-state index is 11.7. The number of amides is 1. The molecule has 0 bridgehead atoms. The van der Waals surface area contributed by atoms with E-state index in [9.17, 15) is 4.79 Å². The lowest BCUT2D eigenvalue weighted by molar-refractivity contribution is 0.0958. The molecule has 0 saturated heterocycles. The first-order valence-corrected chi connectivity index (χ1v) is 11.0. The molecule has 3 aromatic rings. The first kappa shape index (κ1) is 19.6. The van der Waals surface area contributed by atoms with Crippen molar-refractivity contribution in [2.75, 3.05) is 18.9 Å². The zero-order valence-corrected chi connectivity index (χ0v) is 17.4. The van der Waals surface area contributed by atoms with Gasteiger partial charge in [0.05, 0.1) is 10.2 Å². The van der Waals surface area contributed by atoms with Crippen LogP contribution < -0.4 is 15.4 Å². The van der Waals surface area contributed by atoms with Crippen LogP contribution in [0.5, 0.6) is 11.5 Å². The Morgan fingerprint density at radius 2 is 2.00 bits per heavy atom. The molecule has 6 nitrogen and oxygen atoms in total. The van der Waals surface area contributed by atoms with E-state index >= 15 is 0 Å². The van der Waals surface area contributed by atoms with Crippen LogP contribution in [0.25, 0.3) is 10.2 Å². The molecule has 1 aliphatic rings. The SMILES string of the molecule is CNC(=O)c1cc(Oc2ccc3nc(NCCC4CCCCC4)sc3c2)ccn1. The van der Waals surface area contributed by atoms with Crippen molar-refractivity contribution in [3.05, 3.63) is 42.2 Å². The number of carbonyl (C=O) groups excluding carboxylic acids is 1. The molecule has 2 heterocycles. The molecule has 152 valence electrons. The zero-order chi connectivity index (χ0) is 20.1. The van der Waals surface area contributed by atoms with Crippen molar-refractivity contribution < 1.29 is 9.53 Å². The number of benzene rings is 1. The second kappa shape index (κ2) is 9.22. The average molecular weight is 411 g/mol. The molecule has 1 saturated carbocycles. The molecule has 4 rings (SSSR count). The number of ether oxygens (including phenoxy) is 1. The highest BCUT2D eigenvalue weighted by Crippen LogP contribution is 2.32. The van der Waals surface area contributed by atoms with Crippen molar-refractivity contribution in [1.29, 1.82) is 0 Å². The highest BCUT2D eigenvalue weighted by atomic mass is 32.1. The lowest BCUT2D eigenvalue weighted by atomic mass is 9.87. The Morgan fingerprint density at radius 1 is 1.17 bits per heavy atom. The van der Waals surface area contributed by atoms with Crippen LogP contribution in [-0.2, 0) is 0 Å². The monoisotopic (exact) mass is 410 g/mol. The second-order valence-corrected chi connectivity index (χ2v) is 8.46. The number of anilines is 1. The van der Waals surface area contributed by atoms with Crippen LogP contribution in [0.3, 0.4) is 0 Å². The van der Waals surface area contributed by atoms with Crippen molar-refractivity contribution in [2.45, 2.75) is 38.5 Å². The van der Waals surface area contributed by atoms with Crippen LogP contribution in [0.2, 0.25) is 0 Å². The number of thiazole rings is 1. The molecule has 1 amide bonds. The summed E-state index contributed by atoms with van der Waals surface area (Å²) in [6.45, 7) is 0.979. The van der Waals surface area contributed by atoms with Crippen LogP contribution >= 0.6 is 11.3 Å². The normalized spacial score (nSPS) is 14.7. The predicted molar refractivity (Wildman–Crippen MR) is 117 cm³/mol. The fourth-order valence-electron chi connectivity index (χ4n) is 3.77. The van der Waals surface area contributed by atoms with Crippen LogP contribution in [0.15, 0.2) is 36.5 Å². The minimum atomic E-state index is -0.239. The van der Waals surface area contributed by atoms with Crippen LogP contribution in [0.4, 0.5) is 5.13 Å². The molecule has 2 N–H and O–H groups in total. The smallest absolute Gasteiger partial charge is 0.269 e. The summed E-state index contributed by atoms with van der Waals surface area (Å²) in [7, 11) is 1.58. The van der Waals surface area contributed by atoms with E-state index in [-0.39, 0.29) is 5.91 Å². The topological polar surface area (TPSA) is 76.1 Å². The van der Waals surface area contributed by atoms with Crippen molar-refractivity contribution in [3.63, 3.8) is 0 Å². The number of hydrogen-bond donors (Lipinski definition) is 2. The quantitative estimate of drug-likeness (QED) is 0.558. The summed E-state index contributed by atoms with van der Waals surface area (Å²) in [4.78, 5) is 20.5. The average Bonchev–Trinajstić information content (AvgIpc) is 3.16. The summed E-state index contributed by atoms with van der Waals surface area (Å²) in [5, 5.41) is 7.01. The van der Waals surface area contributed by atoms with Crippen LogP contribution in [-0.4, -0.2) is 29.5 Å². The van der Waals surface area contributed by atoms with E-state index in [1.807, 2.05) is 18.2 Å². The van der Waals surface area contributed by atoms with Gasteiger partial charge in [-0.1, -0.05) is 43.4 Å². The maximum absolute atomic E-state index is 11.7. The van der Waals surface area contributed by atoms with Gasteiger partial charge in [-0.25, -0.2) is 4.98 Å². The highest BCUT2D eigenvalue weighted by molar-refractivity contribution is 7.22. The van der Waals surface area contributed by atoms with Crippen molar-refractivity contribution in [3.8, 4) is 11.5 Å². The number of nitrogens with zero attached hydrogens (tertiary/aromatic N) is 2. The molecule has 0 atom stereocenters.